The number of likely N-dealkylation sites (N-methyl/N-ethyl adjacent to an activating group) is 1. The minimum atomic E-state index is -0.407. The van der Waals surface area contributed by atoms with Crippen LogP contribution in [0.15, 0.2) is 24.3 Å². The highest BCUT2D eigenvalue weighted by Crippen LogP contribution is 2.23. The first-order chi connectivity index (χ1) is 10.7. The van der Waals surface area contributed by atoms with E-state index in [4.69, 9.17) is 0 Å². The molecule has 23 heavy (non-hydrogen) atoms. The van der Waals surface area contributed by atoms with Crippen LogP contribution < -0.4 is 10.6 Å². The molecule has 5 nitrogen and oxygen atoms in total. The van der Waals surface area contributed by atoms with E-state index >= 15 is 0 Å². The fraction of sp³-hybridized carbons (Fsp3) is 0.556. The number of rotatable bonds is 3. The molecule has 0 spiro atoms. The maximum absolute atomic E-state index is 12.1. The van der Waals surface area contributed by atoms with Gasteiger partial charge in [0.15, 0.2) is 0 Å². The Morgan fingerprint density at radius 3 is 2.35 bits per heavy atom. The summed E-state index contributed by atoms with van der Waals surface area (Å²) < 4.78 is 0. The van der Waals surface area contributed by atoms with Gasteiger partial charge < -0.3 is 15.5 Å². The van der Waals surface area contributed by atoms with Crippen LogP contribution in [0.4, 0.5) is 4.79 Å². The minimum Gasteiger partial charge on any atom is -0.344 e. The molecule has 126 valence electrons. The van der Waals surface area contributed by atoms with Crippen LogP contribution in [-0.2, 0) is 10.2 Å². The first kappa shape index (κ1) is 17.3. The topological polar surface area (TPSA) is 61.4 Å². The molecular formula is C18H27N3O2. The molecule has 1 heterocycles. The first-order valence-corrected chi connectivity index (χ1v) is 8.11. The van der Waals surface area contributed by atoms with E-state index in [-0.39, 0.29) is 23.4 Å². The Balaban J connectivity index is 1.92. The minimum absolute atomic E-state index is 0.0256. The van der Waals surface area contributed by atoms with Gasteiger partial charge in [-0.1, -0.05) is 45.0 Å². The Bertz CT molecular complexity index is 575. The van der Waals surface area contributed by atoms with Crippen molar-refractivity contribution in [2.45, 2.75) is 51.6 Å². The van der Waals surface area contributed by atoms with Gasteiger partial charge in [0.1, 0.15) is 6.04 Å². The Morgan fingerprint density at radius 2 is 1.87 bits per heavy atom. The van der Waals surface area contributed by atoms with Crippen LogP contribution in [0.2, 0.25) is 0 Å². The molecule has 0 radical (unpaired) electrons. The molecule has 0 aliphatic carbocycles. The molecule has 1 aromatic rings. The monoisotopic (exact) mass is 317 g/mol. The number of benzene rings is 1. The molecule has 1 fully saturated rings. The molecule has 0 bridgehead atoms. The highest BCUT2D eigenvalue weighted by Gasteiger charge is 2.30. The zero-order valence-electron chi connectivity index (χ0n) is 14.6. The van der Waals surface area contributed by atoms with Gasteiger partial charge in [0.05, 0.1) is 6.04 Å². The average molecular weight is 317 g/mol. The van der Waals surface area contributed by atoms with E-state index < -0.39 is 6.04 Å². The average Bonchev–Trinajstić information content (AvgIpc) is 2.78. The summed E-state index contributed by atoms with van der Waals surface area (Å²) in [6.45, 7) is 9.15. The van der Waals surface area contributed by atoms with Crippen molar-refractivity contribution >= 4 is 11.9 Å². The van der Waals surface area contributed by atoms with Gasteiger partial charge in [-0.05, 0) is 29.9 Å². The summed E-state index contributed by atoms with van der Waals surface area (Å²) in [7, 11) is 1.75. The summed E-state index contributed by atoms with van der Waals surface area (Å²) in [5, 5.41) is 5.65. The summed E-state index contributed by atoms with van der Waals surface area (Å²) in [5.41, 5.74) is 2.42. The van der Waals surface area contributed by atoms with E-state index in [0.29, 0.717) is 13.0 Å². The second kappa shape index (κ2) is 6.60. The number of carbonyl (C=O) groups is 2. The van der Waals surface area contributed by atoms with Crippen LogP contribution in [0.1, 0.15) is 51.3 Å². The van der Waals surface area contributed by atoms with E-state index in [0.717, 1.165) is 5.56 Å². The van der Waals surface area contributed by atoms with Crippen molar-refractivity contribution in [1.82, 2.24) is 15.5 Å². The summed E-state index contributed by atoms with van der Waals surface area (Å²) in [4.78, 5) is 25.5. The Hall–Kier alpha value is -2.04. The number of nitrogens with zero attached hydrogens (tertiary/aromatic N) is 1. The van der Waals surface area contributed by atoms with Crippen LogP contribution in [0.5, 0.6) is 0 Å². The molecule has 2 N–H and O–H groups in total. The highest BCUT2D eigenvalue weighted by atomic mass is 16.2. The van der Waals surface area contributed by atoms with Gasteiger partial charge in [0, 0.05) is 13.6 Å². The lowest BCUT2D eigenvalue weighted by molar-refractivity contribution is -0.128. The predicted octanol–water partition coefficient (Wildman–Crippen LogP) is 2.58. The Morgan fingerprint density at radius 1 is 1.26 bits per heavy atom. The number of carbonyl (C=O) groups excluding carboxylic acids is 2. The van der Waals surface area contributed by atoms with Gasteiger partial charge in [-0.3, -0.25) is 4.79 Å². The lowest BCUT2D eigenvalue weighted by Gasteiger charge is -2.21. The van der Waals surface area contributed by atoms with Crippen molar-refractivity contribution in [3.63, 3.8) is 0 Å². The molecule has 2 atom stereocenters. The SMILES string of the molecule is CC(NC(=O)NC1CCN(C)C1=O)c1ccc(C(C)(C)C)cc1. The Kier molecular flexibility index (Phi) is 4.97. The van der Waals surface area contributed by atoms with Crippen LogP contribution in [-0.4, -0.2) is 36.5 Å². The fourth-order valence-corrected chi connectivity index (χ4v) is 2.71. The van der Waals surface area contributed by atoms with Crippen LogP contribution in [0.3, 0.4) is 0 Å². The van der Waals surface area contributed by atoms with Gasteiger partial charge in [0.2, 0.25) is 5.91 Å². The zero-order chi connectivity index (χ0) is 17.2. The van der Waals surface area contributed by atoms with E-state index in [1.807, 2.05) is 19.1 Å². The fourth-order valence-electron chi connectivity index (χ4n) is 2.71. The standard InChI is InChI=1S/C18H27N3O2/c1-12(13-6-8-14(9-7-13)18(2,3)4)19-17(23)20-15-10-11-21(5)16(15)22/h6-9,12,15H,10-11H2,1-5H3,(H2,19,20,23). The predicted molar refractivity (Wildman–Crippen MR) is 91.3 cm³/mol. The summed E-state index contributed by atoms with van der Waals surface area (Å²) in [5.74, 6) is -0.0256. The molecule has 0 aromatic heterocycles. The Labute approximate surface area is 138 Å². The van der Waals surface area contributed by atoms with E-state index in [9.17, 15) is 9.59 Å². The van der Waals surface area contributed by atoms with Crippen molar-refractivity contribution < 1.29 is 9.59 Å². The quantitative estimate of drug-likeness (QED) is 0.900. The van der Waals surface area contributed by atoms with Crippen LogP contribution in [0.25, 0.3) is 0 Å². The van der Waals surface area contributed by atoms with Gasteiger partial charge in [0.25, 0.3) is 0 Å². The molecule has 1 aliphatic rings. The van der Waals surface area contributed by atoms with Gasteiger partial charge in [-0.25, -0.2) is 4.79 Å². The highest BCUT2D eigenvalue weighted by molar-refractivity contribution is 5.88. The smallest absolute Gasteiger partial charge is 0.315 e. The number of hydrogen-bond acceptors (Lipinski definition) is 2. The van der Waals surface area contributed by atoms with E-state index in [1.54, 1.807) is 11.9 Å². The van der Waals surface area contributed by atoms with Crippen LogP contribution in [0, 0.1) is 0 Å². The lowest BCUT2D eigenvalue weighted by Crippen LogP contribution is -2.46. The molecule has 1 aromatic carbocycles. The number of hydrogen-bond donors (Lipinski definition) is 2. The van der Waals surface area contributed by atoms with Crippen LogP contribution >= 0.6 is 0 Å². The van der Waals surface area contributed by atoms with Crippen molar-refractivity contribution in [3.8, 4) is 0 Å². The van der Waals surface area contributed by atoms with Crippen molar-refractivity contribution in [2.75, 3.05) is 13.6 Å². The number of amides is 3. The molecule has 3 amide bonds. The molecular weight excluding hydrogens is 290 g/mol. The molecule has 1 saturated heterocycles. The largest absolute Gasteiger partial charge is 0.344 e. The lowest BCUT2D eigenvalue weighted by atomic mass is 9.86. The first-order valence-electron chi connectivity index (χ1n) is 8.11. The van der Waals surface area contributed by atoms with Crippen molar-refractivity contribution in [1.29, 1.82) is 0 Å². The van der Waals surface area contributed by atoms with E-state index in [2.05, 4.69) is 43.5 Å². The molecule has 5 heteroatoms. The third-order valence-corrected chi connectivity index (χ3v) is 4.36. The summed E-state index contributed by atoms with van der Waals surface area (Å²) >= 11 is 0. The summed E-state index contributed by atoms with van der Waals surface area (Å²) in [6, 6.07) is 7.46. The normalized spacial score (nSPS) is 19.6. The molecule has 2 unspecified atom stereocenters. The third kappa shape index (κ3) is 4.24. The third-order valence-electron chi connectivity index (χ3n) is 4.36. The van der Waals surface area contributed by atoms with Gasteiger partial charge in [-0.15, -0.1) is 0 Å². The van der Waals surface area contributed by atoms with E-state index in [1.165, 1.54) is 5.56 Å². The number of likely N-dealkylation sites (tertiary alicyclic amines) is 1. The number of nitrogens with one attached hydrogen (secondary N) is 2. The van der Waals surface area contributed by atoms with Gasteiger partial charge >= 0.3 is 6.03 Å². The maximum atomic E-state index is 12.1. The van der Waals surface area contributed by atoms with Crippen molar-refractivity contribution in [2.24, 2.45) is 0 Å². The second-order valence-corrected chi connectivity index (χ2v) is 7.31. The van der Waals surface area contributed by atoms with Crippen molar-refractivity contribution in [3.05, 3.63) is 35.4 Å². The second-order valence-electron chi connectivity index (χ2n) is 7.31. The zero-order valence-corrected chi connectivity index (χ0v) is 14.6. The number of urea groups is 1. The molecule has 0 saturated carbocycles. The maximum Gasteiger partial charge on any atom is 0.315 e. The molecule has 1 aliphatic heterocycles. The van der Waals surface area contributed by atoms with Gasteiger partial charge in [-0.2, -0.15) is 0 Å². The molecule has 2 rings (SSSR count). The summed E-state index contributed by atoms with van der Waals surface area (Å²) in [6.07, 6.45) is 0.664.